The van der Waals surface area contributed by atoms with Crippen LogP contribution in [-0.2, 0) is 18.4 Å². The average Bonchev–Trinajstić information content (AvgIpc) is 2.92. The van der Waals surface area contributed by atoms with Crippen molar-refractivity contribution >= 4 is 0 Å². The predicted octanol–water partition coefficient (Wildman–Crippen LogP) is 2.81. The fraction of sp³-hybridized carbons (Fsp3) is 0.500. The number of hydrogen-bond donors (Lipinski definition) is 2. The van der Waals surface area contributed by atoms with Crippen LogP contribution in [-0.4, -0.2) is 41.2 Å². The topological polar surface area (TPSA) is 48.4 Å². The van der Waals surface area contributed by atoms with Gasteiger partial charge in [0.2, 0.25) is 0 Å². The van der Waals surface area contributed by atoms with Crippen LogP contribution >= 0.6 is 0 Å². The molecule has 2 heterocycles. The lowest BCUT2D eigenvalue weighted by atomic mass is 9.72. The van der Waals surface area contributed by atoms with Gasteiger partial charge >= 0.3 is 0 Å². The van der Waals surface area contributed by atoms with Gasteiger partial charge in [-0.2, -0.15) is 0 Å². The number of nitrogens with zero attached hydrogens (tertiary/aromatic N) is 2. The molecule has 0 bridgehead atoms. The summed E-state index contributed by atoms with van der Waals surface area (Å²) in [7, 11) is 2.11. The average molecular weight is 351 g/mol. The lowest BCUT2D eigenvalue weighted by Crippen LogP contribution is -2.48. The Kier molecular flexibility index (Phi) is 4.82. The fourth-order valence-corrected chi connectivity index (χ4v) is 4.87. The van der Waals surface area contributed by atoms with Crippen molar-refractivity contribution in [1.82, 2.24) is 15.2 Å². The standard InChI is InChI=1S/C22H29N3O/c1-3-16-8-9-17(24-14-16)15-25(2)20-18-6-4-5-7-19(18)22(21(20)26)10-12-23-13-11-22/h4-9,14,20-21,23,26H,3,10-13,15H2,1-2H3/t20-,21+/m0/s1. The van der Waals surface area contributed by atoms with Crippen LogP contribution in [0.5, 0.6) is 0 Å². The number of rotatable bonds is 4. The number of fused-ring (bicyclic) bond motifs is 2. The summed E-state index contributed by atoms with van der Waals surface area (Å²) < 4.78 is 0. The molecule has 4 nitrogen and oxygen atoms in total. The molecule has 0 amide bonds. The lowest BCUT2D eigenvalue weighted by molar-refractivity contribution is 0.00387. The Labute approximate surface area is 156 Å². The van der Waals surface area contributed by atoms with Crippen LogP contribution in [0.3, 0.4) is 0 Å². The van der Waals surface area contributed by atoms with Gasteiger partial charge in [-0.05, 0) is 62.2 Å². The normalized spacial score (nSPS) is 24.2. The van der Waals surface area contributed by atoms with Crippen molar-refractivity contribution in [1.29, 1.82) is 0 Å². The molecule has 1 fully saturated rings. The molecule has 1 aliphatic carbocycles. The molecule has 1 aromatic carbocycles. The number of pyridine rings is 1. The zero-order valence-electron chi connectivity index (χ0n) is 15.8. The lowest BCUT2D eigenvalue weighted by Gasteiger charge is -2.40. The molecule has 0 radical (unpaired) electrons. The van der Waals surface area contributed by atoms with E-state index in [0.29, 0.717) is 0 Å². The number of benzene rings is 1. The molecule has 2 aliphatic rings. The Balaban J connectivity index is 1.63. The number of piperidine rings is 1. The van der Waals surface area contributed by atoms with Crippen LogP contribution in [0.15, 0.2) is 42.6 Å². The number of aliphatic hydroxyl groups excluding tert-OH is 1. The molecule has 1 saturated heterocycles. The van der Waals surface area contributed by atoms with Crippen LogP contribution in [0.25, 0.3) is 0 Å². The van der Waals surface area contributed by atoms with Crippen LogP contribution < -0.4 is 5.32 Å². The first kappa shape index (κ1) is 17.7. The van der Waals surface area contributed by atoms with E-state index in [-0.39, 0.29) is 17.6 Å². The Morgan fingerprint density at radius 2 is 1.96 bits per heavy atom. The van der Waals surface area contributed by atoms with Crippen LogP contribution in [0.2, 0.25) is 0 Å². The molecular formula is C22H29N3O. The molecule has 2 aromatic rings. The fourth-order valence-electron chi connectivity index (χ4n) is 4.87. The van der Waals surface area contributed by atoms with E-state index in [1.807, 2.05) is 6.20 Å². The SMILES string of the molecule is CCc1ccc(CN(C)[C@H]2c3ccccc3C3(CCNCC3)[C@@H]2O)nc1. The van der Waals surface area contributed by atoms with Crippen LogP contribution in [0.4, 0.5) is 0 Å². The number of nitrogens with one attached hydrogen (secondary N) is 1. The van der Waals surface area contributed by atoms with Crippen molar-refractivity contribution in [3.8, 4) is 0 Å². The Morgan fingerprint density at radius 1 is 1.19 bits per heavy atom. The van der Waals surface area contributed by atoms with Gasteiger partial charge in [0.1, 0.15) is 0 Å². The third kappa shape index (κ3) is 2.86. The summed E-state index contributed by atoms with van der Waals surface area (Å²) in [6.07, 6.45) is 4.60. The maximum atomic E-state index is 11.4. The maximum Gasteiger partial charge on any atom is 0.0834 e. The molecule has 4 heteroatoms. The summed E-state index contributed by atoms with van der Waals surface area (Å²) in [6.45, 7) is 4.84. The first-order chi connectivity index (χ1) is 12.7. The molecule has 4 rings (SSSR count). The number of aryl methyl sites for hydroxylation is 1. The third-order valence-electron chi connectivity index (χ3n) is 6.36. The molecule has 1 aliphatic heterocycles. The first-order valence-corrected chi connectivity index (χ1v) is 9.78. The predicted molar refractivity (Wildman–Crippen MR) is 104 cm³/mol. The second kappa shape index (κ2) is 7.10. The summed E-state index contributed by atoms with van der Waals surface area (Å²) in [5, 5.41) is 14.9. The van der Waals surface area contributed by atoms with E-state index >= 15 is 0 Å². The van der Waals surface area contributed by atoms with Gasteiger partial charge in [-0.1, -0.05) is 37.3 Å². The largest absolute Gasteiger partial charge is 0.390 e. The van der Waals surface area contributed by atoms with E-state index < -0.39 is 0 Å². The van der Waals surface area contributed by atoms with Gasteiger partial charge in [0, 0.05) is 18.2 Å². The highest BCUT2D eigenvalue weighted by atomic mass is 16.3. The summed E-state index contributed by atoms with van der Waals surface area (Å²) in [5.41, 5.74) is 4.84. The summed E-state index contributed by atoms with van der Waals surface area (Å²) in [5.74, 6) is 0. The summed E-state index contributed by atoms with van der Waals surface area (Å²) in [6, 6.07) is 12.9. The molecule has 138 valence electrons. The van der Waals surface area contributed by atoms with Gasteiger partial charge in [0.25, 0.3) is 0 Å². The molecule has 1 aromatic heterocycles. The number of hydrogen-bond acceptors (Lipinski definition) is 4. The van der Waals surface area contributed by atoms with Crippen molar-refractivity contribution in [3.63, 3.8) is 0 Å². The monoisotopic (exact) mass is 351 g/mol. The zero-order chi connectivity index (χ0) is 18.1. The van der Waals surface area contributed by atoms with E-state index in [1.54, 1.807) is 0 Å². The summed E-state index contributed by atoms with van der Waals surface area (Å²) >= 11 is 0. The number of likely N-dealkylation sites (N-methyl/N-ethyl adjacent to an activating group) is 1. The maximum absolute atomic E-state index is 11.4. The molecule has 1 spiro atoms. The van der Waals surface area contributed by atoms with Crippen molar-refractivity contribution in [2.45, 2.75) is 50.3 Å². The van der Waals surface area contributed by atoms with Gasteiger partial charge in [-0.3, -0.25) is 9.88 Å². The van der Waals surface area contributed by atoms with Crippen LogP contribution in [0.1, 0.15) is 48.2 Å². The first-order valence-electron chi connectivity index (χ1n) is 9.78. The van der Waals surface area contributed by atoms with E-state index in [0.717, 1.165) is 44.6 Å². The van der Waals surface area contributed by atoms with Crippen molar-refractivity contribution in [2.75, 3.05) is 20.1 Å². The highest BCUT2D eigenvalue weighted by Gasteiger charge is 2.52. The van der Waals surface area contributed by atoms with Gasteiger partial charge in [-0.15, -0.1) is 0 Å². The Morgan fingerprint density at radius 3 is 2.65 bits per heavy atom. The van der Waals surface area contributed by atoms with E-state index in [1.165, 1.54) is 16.7 Å². The Bertz CT molecular complexity index is 752. The summed E-state index contributed by atoms with van der Waals surface area (Å²) in [4.78, 5) is 6.88. The Hall–Kier alpha value is -1.75. The van der Waals surface area contributed by atoms with Crippen LogP contribution in [0, 0.1) is 0 Å². The molecule has 0 saturated carbocycles. The van der Waals surface area contributed by atoms with E-state index in [9.17, 15) is 5.11 Å². The van der Waals surface area contributed by atoms with Gasteiger partial charge < -0.3 is 10.4 Å². The molecular weight excluding hydrogens is 322 g/mol. The smallest absolute Gasteiger partial charge is 0.0834 e. The van der Waals surface area contributed by atoms with Crippen molar-refractivity contribution in [3.05, 3.63) is 65.0 Å². The molecule has 2 atom stereocenters. The number of aliphatic hydroxyl groups is 1. The van der Waals surface area contributed by atoms with Gasteiger partial charge in [-0.25, -0.2) is 0 Å². The molecule has 2 N–H and O–H groups in total. The van der Waals surface area contributed by atoms with E-state index in [4.69, 9.17) is 0 Å². The minimum Gasteiger partial charge on any atom is -0.390 e. The minimum atomic E-state index is -0.373. The highest BCUT2D eigenvalue weighted by molar-refractivity contribution is 5.45. The molecule has 26 heavy (non-hydrogen) atoms. The van der Waals surface area contributed by atoms with Gasteiger partial charge in [0.05, 0.1) is 17.8 Å². The number of aromatic nitrogens is 1. The van der Waals surface area contributed by atoms with E-state index in [2.05, 4.69) is 65.6 Å². The highest BCUT2D eigenvalue weighted by Crippen LogP contribution is 2.51. The third-order valence-corrected chi connectivity index (χ3v) is 6.36. The zero-order valence-corrected chi connectivity index (χ0v) is 15.8. The van der Waals surface area contributed by atoms with Crippen molar-refractivity contribution in [2.24, 2.45) is 0 Å². The second-order valence-electron chi connectivity index (χ2n) is 7.81. The van der Waals surface area contributed by atoms with Crippen molar-refractivity contribution < 1.29 is 5.11 Å². The quantitative estimate of drug-likeness (QED) is 0.889. The second-order valence-corrected chi connectivity index (χ2v) is 7.81. The minimum absolute atomic E-state index is 0.0250. The molecule has 0 unspecified atom stereocenters. The van der Waals surface area contributed by atoms with Gasteiger partial charge in [0.15, 0.2) is 0 Å².